The fourth-order valence-corrected chi connectivity index (χ4v) is 6.93. The van der Waals surface area contributed by atoms with Crippen LogP contribution in [0.1, 0.15) is 6.92 Å². The van der Waals surface area contributed by atoms with Crippen LogP contribution in [0, 0.1) is 5.77 Å². The van der Waals surface area contributed by atoms with Crippen molar-refractivity contribution in [3.8, 4) is 20.9 Å². The standard InChI is InChI=1S/C22H15I2NS2/c1-2-25-17-5-3-13(19-7-9-21(23)26-19)11-15(17)16-12-14(4-6-18(16)25)20-8-10-22(24)27-20/h3-12H,2H2,1H3. The Balaban J connectivity index is 1.78. The van der Waals surface area contributed by atoms with Gasteiger partial charge in [0.25, 0.3) is 0 Å². The highest BCUT2D eigenvalue weighted by Gasteiger charge is 2.13. The topological polar surface area (TPSA) is 4.93 Å². The predicted octanol–water partition coefficient (Wildman–Crippen LogP) is 8.48. The molecule has 1 nitrogen and oxygen atoms in total. The number of benzene rings is 2. The molecule has 0 bridgehead atoms. The Kier molecular flexibility index (Phi) is 4.82. The lowest BCUT2D eigenvalue weighted by atomic mass is 10.1. The van der Waals surface area contributed by atoms with E-state index in [9.17, 15) is 0 Å². The van der Waals surface area contributed by atoms with Crippen molar-refractivity contribution < 1.29 is 0 Å². The van der Waals surface area contributed by atoms with Gasteiger partial charge in [-0.05, 0) is 112 Å². The fourth-order valence-electron chi connectivity index (χ4n) is 3.69. The van der Waals surface area contributed by atoms with Gasteiger partial charge >= 0.3 is 0 Å². The summed E-state index contributed by atoms with van der Waals surface area (Å²) in [6.45, 7) is 3.20. The van der Waals surface area contributed by atoms with E-state index in [1.54, 1.807) is 0 Å². The number of hydrogen-bond donors (Lipinski definition) is 0. The van der Waals surface area contributed by atoms with Crippen LogP contribution in [0.4, 0.5) is 0 Å². The van der Waals surface area contributed by atoms with Gasteiger partial charge in [-0.15, -0.1) is 22.7 Å². The van der Waals surface area contributed by atoms with Gasteiger partial charge in [-0.25, -0.2) is 0 Å². The molecule has 0 aliphatic heterocycles. The first-order chi connectivity index (χ1) is 13.1. The number of hydrogen-bond acceptors (Lipinski definition) is 2. The smallest absolute Gasteiger partial charge is 0.0660 e. The molecule has 0 aliphatic carbocycles. The third-order valence-corrected chi connectivity index (χ3v) is 8.78. The molecule has 0 spiro atoms. The van der Waals surface area contributed by atoms with Crippen molar-refractivity contribution in [2.75, 3.05) is 0 Å². The van der Waals surface area contributed by atoms with Crippen LogP contribution in [0.2, 0.25) is 0 Å². The van der Waals surface area contributed by atoms with Gasteiger partial charge < -0.3 is 4.57 Å². The van der Waals surface area contributed by atoms with Crippen LogP contribution in [0.3, 0.4) is 0 Å². The summed E-state index contributed by atoms with van der Waals surface area (Å²) in [4.78, 5) is 2.67. The summed E-state index contributed by atoms with van der Waals surface area (Å²) in [5.74, 6) is 0. The minimum absolute atomic E-state index is 0.979. The van der Waals surface area contributed by atoms with E-state index in [0.29, 0.717) is 0 Å². The van der Waals surface area contributed by atoms with Crippen molar-refractivity contribution in [3.05, 3.63) is 66.4 Å². The largest absolute Gasteiger partial charge is 0.341 e. The zero-order valence-corrected chi connectivity index (χ0v) is 20.4. The second-order valence-electron chi connectivity index (χ2n) is 6.42. The van der Waals surface area contributed by atoms with Crippen LogP contribution in [-0.4, -0.2) is 4.57 Å². The van der Waals surface area contributed by atoms with E-state index in [-0.39, 0.29) is 0 Å². The van der Waals surface area contributed by atoms with Crippen molar-refractivity contribution in [1.82, 2.24) is 4.57 Å². The van der Waals surface area contributed by atoms with Gasteiger partial charge in [-0.1, -0.05) is 12.1 Å². The van der Waals surface area contributed by atoms with Gasteiger partial charge in [0.2, 0.25) is 0 Å². The van der Waals surface area contributed by atoms with E-state index < -0.39 is 0 Å². The van der Waals surface area contributed by atoms with E-state index in [2.05, 4.69) is 117 Å². The molecule has 2 aromatic carbocycles. The Morgan fingerprint density at radius 3 is 1.56 bits per heavy atom. The average Bonchev–Trinajstić information content (AvgIpc) is 3.38. The van der Waals surface area contributed by atoms with E-state index >= 15 is 0 Å². The van der Waals surface area contributed by atoms with Gasteiger partial charge in [0.1, 0.15) is 0 Å². The molecule has 5 rings (SSSR count). The monoisotopic (exact) mass is 611 g/mol. The predicted molar refractivity (Wildman–Crippen MR) is 137 cm³/mol. The normalized spacial score (nSPS) is 11.7. The lowest BCUT2D eigenvalue weighted by molar-refractivity contribution is 0.827. The van der Waals surface area contributed by atoms with Gasteiger partial charge in [0, 0.05) is 38.1 Å². The number of thiophene rings is 2. The number of rotatable bonds is 3. The van der Waals surface area contributed by atoms with Gasteiger partial charge in [0.15, 0.2) is 0 Å². The van der Waals surface area contributed by atoms with Crippen LogP contribution in [0.25, 0.3) is 42.7 Å². The second-order valence-corrected chi connectivity index (χ2v) is 12.4. The molecule has 3 heterocycles. The number of halogens is 2. The summed E-state index contributed by atoms with van der Waals surface area (Å²) in [5.41, 5.74) is 5.25. The van der Waals surface area contributed by atoms with Crippen LogP contribution in [-0.2, 0) is 6.54 Å². The highest BCUT2D eigenvalue weighted by Crippen LogP contribution is 2.38. The lowest BCUT2D eigenvalue weighted by Crippen LogP contribution is -1.92. The summed E-state index contributed by atoms with van der Waals surface area (Å²) < 4.78 is 5.08. The van der Waals surface area contributed by atoms with Gasteiger partial charge in [0.05, 0.1) is 5.77 Å². The molecular weight excluding hydrogens is 596 g/mol. The van der Waals surface area contributed by atoms with Crippen LogP contribution < -0.4 is 0 Å². The quantitative estimate of drug-likeness (QED) is 0.181. The molecule has 0 amide bonds. The number of nitrogens with zero attached hydrogens (tertiary/aromatic N) is 1. The van der Waals surface area contributed by atoms with E-state index in [1.165, 1.54) is 48.5 Å². The maximum absolute atomic E-state index is 2.43. The molecule has 0 atom stereocenters. The molecule has 0 fully saturated rings. The average molecular weight is 611 g/mol. The first-order valence-electron chi connectivity index (χ1n) is 8.71. The molecule has 27 heavy (non-hydrogen) atoms. The molecule has 0 saturated heterocycles. The number of aromatic nitrogens is 1. The molecule has 5 heteroatoms. The first-order valence-corrected chi connectivity index (χ1v) is 12.5. The van der Waals surface area contributed by atoms with Crippen molar-refractivity contribution in [2.45, 2.75) is 13.5 Å². The molecular formula is C22H15I2NS2. The second kappa shape index (κ2) is 7.17. The summed E-state index contributed by atoms with van der Waals surface area (Å²) in [6, 6.07) is 22.7. The minimum Gasteiger partial charge on any atom is -0.341 e. The summed E-state index contributed by atoms with van der Waals surface area (Å²) in [6.07, 6.45) is 0. The maximum Gasteiger partial charge on any atom is 0.0660 e. The highest BCUT2D eigenvalue weighted by molar-refractivity contribution is 14.1. The molecule has 0 unspecified atom stereocenters. The fraction of sp³-hybridized carbons (Fsp3) is 0.0909. The molecule has 0 N–H and O–H groups in total. The van der Waals surface area contributed by atoms with Gasteiger partial charge in [-0.2, -0.15) is 0 Å². The maximum atomic E-state index is 2.43. The molecule has 3 aromatic heterocycles. The van der Waals surface area contributed by atoms with E-state index in [0.717, 1.165) is 6.54 Å². The van der Waals surface area contributed by atoms with Crippen molar-refractivity contribution in [3.63, 3.8) is 0 Å². The minimum atomic E-state index is 0.979. The third-order valence-electron chi connectivity index (χ3n) is 4.90. The Bertz CT molecular complexity index is 1200. The highest BCUT2D eigenvalue weighted by atomic mass is 127. The SMILES string of the molecule is CCn1c2ccc(-c3ccc(I)s3)cc2c2cc(-c3ccc(I)s3)ccc21. The molecule has 0 aliphatic rings. The van der Waals surface area contributed by atoms with Gasteiger partial charge in [-0.3, -0.25) is 0 Å². The number of aryl methyl sites for hydroxylation is 1. The Labute approximate surface area is 193 Å². The van der Waals surface area contributed by atoms with Crippen molar-refractivity contribution >= 4 is 89.7 Å². The third kappa shape index (κ3) is 3.16. The molecule has 0 saturated carbocycles. The van der Waals surface area contributed by atoms with Crippen molar-refractivity contribution in [1.29, 1.82) is 0 Å². The molecule has 5 aromatic rings. The van der Waals surface area contributed by atoms with E-state index in [4.69, 9.17) is 0 Å². The Hall–Kier alpha value is -0.900. The van der Waals surface area contributed by atoms with Crippen molar-refractivity contribution in [2.24, 2.45) is 0 Å². The Morgan fingerprint density at radius 2 is 1.19 bits per heavy atom. The summed E-state index contributed by atoms with van der Waals surface area (Å²) in [7, 11) is 0. The van der Waals surface area contributed by atoms with E-state index in [1.807, 2.05) is 22.7 Å². The van der Waals surface area contributed by atoms with Crippen LogP contribution in [0.5, 0.6) is 0 Å². The zero-order chi connectivity index (χ0) is 18.5. The first kappa shape index (κ1) is 18.1. The lowest BCUT2D eigenvalue weighted by Gasteiger charge is -2.04. The Morgan fingerprint density at radius 1 is 0.704 bits per heavy atom. The zero-order valence-electron chi connectivity index (χ0n) is 14.5. The number of fused-ring (bicyclic) bond motifs is 3. The molecule has 134 valence electrons. The summed E-state index contributed by atoms with van der Waals surface area (Å²) >= 11 is 8.50. The summed E-state index contributed by atoms with van der Waals surface area (Å²) in [5, 5.41) is 2.70. The van der Waals surface area contributed by atoms with Crippen LogP contribution in [0.15, 0.2) is 60.7 Å². The molecule has 0 radical (unpaired) electrons. The van der Waals surface area contributed by atoms with Crippen LogP contribution >= 0.6 is 67.9 Å².